The number of benzene rings is 4. The number of nitriles is 1. The van der Waals surface area contributed by atoms with Crippen molar-refractivity contribution in [2.24, 2.45) is 7.05 Å². The Morgan fingerprint density at radius 1 is 0.825 bits per heavy atom. The van der Waals surface area contributed by atoms with Gasteiger partial charge in [-0.1, -0.05) is 64.1 Å². The molecule has 0 bridgehead atoms. The van der Waals surface area contributed by atoms with Crippen LogP contribution in [0, 0.1) is 18.3 Å². The molecule has 40 heavy (non-hydrogen) atoms. The minimum Gasteiger partial charge on any atom is -0.464 e. The first kappa shape index (κ1) is 25.6. The zero-order chi connectivity index (χ0) is 28.1. The number of hydrogen-bond donors (Lipinski definition) is 0. The van der Waals surface area contributed by atoms with Crippen molar-refractivity contribution in [3.8, 4) is 34.3 Å². The van der Waals surface area contributed by atoms with Crippen molar-refractivity contribution >= 4 is 22.0 Å². The monoisotopic (exact) mass is 524 g/mol. The SMILES string of the molecule is Cc1ccc2occc2c1-c1n(-c2c(C(C)C)cc(-c3ccccc3)cc2C(C)C)c2cc(C#N)ccc2[n+]1C. The maximum Gasteiger partial charge on any atom is 0.295 e. The van der Waals surface area contributed by atoms with Crippen molar-refractivity contribution in [2.75, 3.05) is 0 Å². The summed E-state index contributed by atoms with van der Waals surface area (Å²) < 4.78 is 10.5. The van der Waals surface area contributed by atoms with Gasteiger partial charge >= 0.3 is 0 Å². The van der Waals surface area contributed by atoms with E-state index >= 15 is 0 Å². The van der Waals surface area contributed by atoms with Crippen LogP contribution in [0.5, 0.6) is 0 Å². The molecule has 4 aromatic carbocycles. The molecule has 0 aliphatic heterocycles. The van der Waals surface area contributed by atoms with Gasteiger partial charge in [0, 0.05) is 22.6 Å². The molecule has 2 aromatic heterocycles. The molecule has 0 N–H and O–H groups in total. The van der Waals surface area contributed by atoms with E-state index in [0.717, 1.165) is 33.4 Å². The summed E-state index contributed by atoms with van der Waals surface area (Å²) in [5.41, 5.74) is 12.1. The van der Waals surface area contributed by atoms with Gasteiger partial charge in [-0.05, 0) is 71.8 Å². The average molecular weight is 525 g/mol. The number of aryl methyl sites for hydroxylation is 2. The predicted octanol–water partition coefficient (Wildman–Crippen LogP) is 8.96. The van der Waals surface area contributed by atoms with Crippen LogP contribution >= 0.6 is 0 Å². The summed E-state index contributed by atoms with van der Waals surface area (Å²) in [6.45, 7) is 11.2. The highest BCUT2D eigenvalue weighted by Gasteiger charge is 2.33. The summed E-state index contributed by atoms with van der Waals surface area (Å²) >= 11 is 0. The lowest BCUT2D eigenvalue weighted by molar-refractivity contribution is -0.633. The Kier molecular flexibility index (Phi) is 6.31. The summed E-state index contributed by atoms with van der Waals surface area (Å²) in [7, 11) is 2.13. The van der Waals surface area contributed by atoms with Crippen LogP contribution in [0.3, 0.4) is 0 Å². The first-order chi connectivity index (χ1) is 19.3. The molecule has 198 valence electrons. The van der Waals surface area contributed by atoms with Crippen molar-refractivity contribution in [1.29, 1.82) is 5.26 Å². The van der Waals surface area contributed by atoms with Crippen LogP contribution in [0.1, 0.15) is 61.8 Å². The van der Waals surface area contributed by atoms with E-state index < -0.39 is 0 Å². The molecule has 0 aliphatic carbocycles. The second-order valence-corrected chi connectivity index (χ2v) is 11.3. The van der Waals surface area contributed by atoms with E-state index in [4.69, 9.17) is 4.42 Å². The van der Waals surface area contributed by atoms with Gasteiger partial charge in [-0.15, -0.1) is 0 Å². The molecule has 0 atom stereocenters. The lowest BCUT2D eigenvalue weighted by atomic mass is 9.88. The van der Waals surface area contributed by atoms with Crippen molar-refractivity contribution in [3.05, 3.63) is 107 Å². The van der Waals surface area contributed by atoms with Gasteiger partial charge in [-0.25, -0.2) is 4.57 Å². The predicted molar refractivity (Wildman–Crippen MR) is 163 cm³/mol. The standard InChI is InChI=1S/C36H34N3O/c1-22(2)29-19-27(26-10-8-7-9-11-26)20-30(23(3)4)35(29)39-32-18-25(21-37)13-14-31(32)38(6)36(39)34-24(5)12-15-33-28(34)16-17-40-33/h7-20,22-23H,1-6H3/q+1. The van der Waals surface area contributed by atoms with E-state index in [1.165, 1.54) is 33.5 Å². The fraction of sp³-hybridized carbons (Fsp3) is 0.222. The Balaban J connectivity index is 1.82. The van der Waals surface area contributed by atoms with Crippen molar-refractivity contribution < 1.29 is 8.98 Å². The molecule has 2 heterocycles. The summed E-state index contributed by atoms with van der Waals surface area (Å²) in [6, 6.07) is 30.0. The Morgan fingerprint density at radius 3 is 2.17 bits per heavy atom. The van der Waals surface area contributed by atoms with Gasteiger partial charge in [-0.3, -0.25) is 0 Å². The van der Waals surface area contributed by atoms with Gasteiger partial charge < -0.3 is 4.42 Å². The lowest BCUT2D eigenvalue weighted by Crippen LogP contribution is -2.30. The van der Waals surface area contributed by atoms with Crippen LogP contribution in [0.15, 0.2) is 89.5 Å². The largest absolute Gasteiger partial charge is 0.464 e. The second kappa shape index (κ2) is 9.84. The third kappa shape index (κ3) is 4.01. The van der Waals surface area contributed by atoms with Crippen LogP contribution in [0.4, 0.5) is 0 Å². The average Bonchev–Trinajstić information content (AvgIpc) is 3.55. The summed E-state index contributed by atoms with van der Waals surface area (Å²) in [5.74, 6) is 1.62. The van der Waals surface area contributed by atoms with E-state index in [1.807, 2.05) is 18.2 Å². The lowest BCUT2D eigenvalue weighted by Gasteiger charge is -2.21. The molecule has 0 radical (unpaired) electrons. The van der Waals surface area contributed by atoms with Gasteiger partial charge in [0.25, 0.3) is 5.82 Å². The highest BCUT2D eigenvalue weighted by Crippen LogP contribution is 2.41. The maximum absolute atomic E-state index is 9.88. The fourth-order valence-corrected chi connectivity index (χ4v) is 6.01. The Morgan fingerprint density at radius 2 is 1.52 bits per heavy atom. The highest BCUT2D eigenvalue weighted by molar-refractivity contribution is 5.95. The molecule has 0 spiro atoms. The number of rotatable bonds is 5. The first-order valence-electron chi connectivity index (χ1n) is 14.0. The number of hydrogen-bond acceptors (Lipinski definition) is 2. The molecule has 4 nitrogen and oxygen atoms in total. The van der Waals surface area contributed by atoms with Crippen LogP contribution in [0.2, 0.25) is 0 Å². The van der Waals surface area contributed by atoms with E-state index in [-0.39, 0.29) is 11.8 Å². The quantitative estimate of drug-likeness (QED) is 0.211. The van der Waals surface area contributed by atoms with Gasteiger partial charge in [0.05, 0.1) is 30.5 Å². The van der Waals surface area contributed by atoms with Gasteiger partial charge in [0.15, 0.2) is 11.0 Å². The van der Waals surface area contributed by atoms with Crippen LogP contribution in [-0.4, -0.2) is 4.57 Å². The number of furan rings is 1. The van der Waals surface area contributed by atoms with Crippen LogP contribution in [0.25, 0.3) is 50.2 Å². The van der Waals surface area contributed by atoms with E-state index in [1.54, 1.807) is 6.26 Å². The zero-order valence-corrected chi connectivity index (χ0v) is 24.0. The third-order valence-corrected chi connectivity index (χ3v) is 8.05. The fourth-order valence-electron chi connectivity index (χ4n) is 6.01. The van der Waals surface area contributed by atoms with Gasteiger partial charge in [-0.2, -0.15) is 9.83 Å². The van der Waals surface area contributed by atoms with E-state index in [2.05, 4.69) is 118 Å². The zero-order valence-electron chi connectivity index (χ0n) is 24.0. The first-order valence-corrected chi connectivity index (χ1v) is 14.0. The van der Waals surface area contributed by atoms with Crippen LogP contribution in [-0.2, 0) is 7.05 Å². The summed E-state index contributed by atoms with van der Waals surface area (Å²) in [4.78, 5) is 0. The highest BCUT2D eigenvalue weighted by atomic mass is 16.3. The molecular weight excluding hydrogens is 490 g/mol. The minimum atomic E-state index is 0.275. The topological polar surface area (TPSA) is 45.7 Å². The number of aromatic nitrogens is 2. The number of nitrogens with zero attached hydrogens (tertiary/aromatic N) is 3. The molecule has 6 aromatic rings. The normalized spacial score (nSPS) is 11.7. The second-order valence-electron chi connectivity index (χ2n) is 11.3. The van der Waals surface area contributed by atoms with Crippen molar-refractivity contribution in [3.63, 3.8) is 0 Å². The minimum absolute atomic E-state index is 0.275. The van der Waals surface area contributed by atoms with Crippen molar-refractivity contribution in [1.82, 2.24) is 4.57 Å². The molecule has 0 fully saturated rings. The summed E-state index contributed by atoms with van der Waals surface area (Å²) in [6.07, 6.45) is 1.77. The number of imidazole rings is 1. The molecule has 6 rings (SSSR count). The number of fused-ring (bicyclic) bond motifs is 2. The summed E-state index contributed by atoms with van der Waals surface area (Å²) in [5, 5.41) is 11.0. The molecular formula is C36H34N3O+. The molecule has 0 amide bonds. The molecule has 4 heteroatoms. The van der Waals surface area contributed by atoms with Crippen LogP contribution < -0.4 is 4.57 Å². The molecule has 0 aliphatic rings. The third-order valence-electron chi connectivity index (χ3n) is 8.05. The van der Waals surface area contributed by atoms with Gasteiger partial charge in [0.1, 0.15) is 11.3 Å². The molecule has 0 unspecified atom stereocenters. The molecule has 0 saturated carbocycles. The smallest absolute Gasteiger partial charge is 0.295 e. The van der Waals surface area contributed by atoms with Gasteiger partial charge in [0.2, 0.25) is 0 Å². The molecule has 0 saturated heterocycles. The maximum atomic E-state index is 9.88. The Hall–Kier alpha value is -4.62. The van der Waals surface area contributed by atoms with Crippen molar-refractivity contribution in [2.45, 2.75) is 46.5 Å². The Labute approximate surface area is 235 Å². The van der Waals surface area contributed by atoms with E-state index in [0.29, 0.717) is 5.56 Å². The van der Waals surface area contributed by atoms with E-state index in [9.17, 15) is 5.26 Å². The Bertz CT molecular complexity index is 1900.